The van der Waals surface area contributed by atoms with Crippen molar-refractivity contribution in [1.82, 2.24) is 9.78 Å². The normalized spacial score (nSPS) is 11.9. The number of aromatic nitrogens is 2. The predicted molar refractivity (Wildman–Crippen MR) is 102 cm³/mol. The molecule has 6 heteroatoms. The van der Waals surface area contributed by atoms with Gasteiger partial charge < -0.3 is 9.15 Å². The SMILES string of the molecule is CCOC(=O)c1cc(C)n(Cc2cc(Cl)cc3cc(C(C)(C)C)oc23)n1. The number of nitrogens with zero attached hydrogens (tertiary/aromatic N) is 2. The van der Waals surface area contributed by atoms with Crippen LogP contribution in [0.2, 0.25) is 5.02 Å². The van der Waals surface area contributed by atoms with Crippen LogP contribution in [0.5, 0.6) is 0 Å². The lowest BCUT2D eigenvalue weighted by Gasteiger charge is -2.13. The number of carbonyl (C=O) groups is 1. The van der Waals surface area contributed by atoms with Gasteiger partial charge in [-0.15, -0.1) is 0 Å². The van der Waals surface area contributed by atoms with Crippen LogP contribution >= 0.6 is 11.6 Å². The van der Waals surface area contributed by atoms with Gasteiger partial charge >= 0.3 is 5.97 Å². The van der Waals surface area contributed by atoms with Gasteiger partial charge in [-0.3, -0.25) is 4.68 Å². The van der Waals surface area contributed by atoms with Crippen molar-refractivity contribution in [1.29, 1.82) is 0 Å². The molecular weight excluding hydrogens is 352 g/mol. The Morgan fingerprint density at radius 1 is 1.27 bits per heavy atom. The summed E-state index contributed by atoms with van der Waals surface area (Å²) >= 11 is 6.30. The monoisotopic (exact) mass is 374 g/mol. The third-order valence-corrected chi connectivity index (χ3v) is 4.40. The Morgan fingerprint density at radius 2 is 2.00 bits per heavy atom. The lowest BCUT2D eigenvalue weighted by molar-refractivity contribution is 0.0518. The first-order valence-electron chi connectivity index (χ1n) is 8.63. The van der Waals surface area contributed by atoms with Crippen molar-refractivity contribution in [2.24, 2.45) is 0 Å². The Balaban J connectivity index is 2.01. The van der Waals surface area contributed by atoms with Gasteiger partial charge in [0.1, 0.15) is 11.3 Å². The summed E-state index contributed by atoms with van der Waals surface area (Å²) in [4.78, 5) is 11.9. The Morgan fingerprint density at radius 3 is 2.65 bits per heavy atom. The molecule has 26 heavy (non-hydrogen) atoms. The summed E-state index contributed by atoms with van der Waals surface area (Å²) in [6.45, 7) is 10.8. The lowest BCUT2D eigenvalue weighted by Crippen LogP contribution is -2.09. The number of hydrogen-bond acceptors (Lipinski definition) is 4. The van der Waals surface area contributed by atoms with Crippen molar-refractivity contribution in [3.05, 3.63) is 52.0 Å². The van der Waals surface area contributed by atoms with Crippen LogP contribution in [-0.2, 0) is 16.7 Å². The van der Waals surface area contributed by atoms with Crippen LogP contribution in [0.4, 0.5) is 0 Å². The van der Waals surface area contributed by atoms with E-state index in [-0.39, 0.29) is 5.41 Å². The number of rotatable bonds is 4. The molecule has 1 aromatic carbocycles. The molecule has 0 N–H and O–H groups in total. The smallest absolute Gasteiger partial charge is 0.358 e. The van der Waals surface area contributed by atoms with Gasteiger partial charge in [0.25, 0.3) is 0 Å². The Kier molecular flexibility index (Phi) is 4.84. The van der Waals surface area contributed by atoms with Crippen LogP contribution in [0.15, 0.2) is 28.7 Å². The Labute approximate surface area is 157 Å². The molecule has 0 aliphatic rings. The third-order valence-electron chi connectivity index (χ3n) is 4.18. The van der Waals surface area contributed by atoms with Crippen molar-refractivity contribution < 1.29 is 13.9 Å². The highest BCUT2D eigenvalue weighted by molar-refractivity contribution is 6.31. The number of aryl methyl sites for hydroxylation is 1. The maximum absolute atomic E-state index is 11.9. The highest BCUT2D eigenvalue weighted by Crippen LogP contribution is 2.33. The van der Waals surface area contributed by atoms with Crippen LogP contribution in [0, 0.1) is 6.92 Å². The summed E-state index contributed by atoms with van der Waals surface area (Å²) in [5.41, 5.74) is 2.79. The molecule has 0 aliphatic heterocycles. The van der Waals surface area contributed by atoms with Gasteiger partial charge in [0.05, 0.1) is 13.2 Å². The quantitative estimate of drug-likeness (QED) is 0.595. The molecule has 0 saturated carbocycles. The Bertz CT molecular complexity index is 963. The van der Waals surface area contributed by atoms with E-state index in [1.807, 2.05) is 25.1 Å². The molecule has 3 rings (SSSR count). The maximum atomic E-state index is 11.9. The van der Waals surface area contributed by atoms with Gasteiger partial charge in [-0.25, -0.2) is 4.79 Å². The number of benzene rings is 1. The highest BCUT2D eigenvalue weighted by Gasteiger charge is 2.21. The molecule has 0 fully saturated rings. The fraction of sp³-hybridized carbons (Fsp3) is 0.400. The second-order valence-corrected chi connectivity index (χ2v) is 7.83. The zero-order chi connectivity index (χ0) is 19.1. The van der Waals surface area contributed by atoms with Crippen LogP contribution in [0.25, 0.3) is 11.0 Å². The third kappa shape index (κ3) is 3.63. The minimum absolute atomic E-state index is 0.0958. The number of carbonyl (C=O) groups excluding carboxylic acids is 1. The van der Waals surface area contributed by atoms with Crippen LogP contribution < -0.4 is 0 Å². The van der Waals surface area contributed by atoms with E-state index in [4.69, 9.17) is 20.8 Å². The van der Waals surface area contributed by atoms with E-state index in [1.54, 1.807) is 17.7 Å². The van der Waals surface area contributed by atoms with E-state index in [2.05, 4.69) is 25.9 Å². The largest absolute Gasteiger partial charge is 0.461 e. The van der Waals surface area contributed by atoms with E-state index in [1.165, 1.54) is 0 Å². The second-order valence-electron chi connectivity index (χ2n) is 7.39. The molecule has 0 bridgehead atoms. The summed E-state index contributed by atoms with van der Waals surface area (Å²) < 4.78 is 12.9. The van der Waals surface area contributed by atoms with Crippen LogP contribution in [-0.4, -0.2) is 22.4 Å². The maximum Gasteiger partial charge on any atom is 0.358 e. The molecule has 3 aromatic rings. The topological polar surface area (TPSA) is 57.3 Å². The van der Waals surface area contributed by atoms with E-state index in [0.717, 1.165) is 28.0 Å². The van der Waals surface area contributed by atoms with Gasteiger partial charge in [-0.2, -0.15) is 5.10 Å². The van der Waals surface area contributed by atoms with Gasteiger partial charge in [0.2, 0.25) is 0 Å². The standard InChI is InChI=1S/C20H23ClN2O3/c1-6-25-19(24)16-7-12(2)23(22-16)11-14-9-15(21)8-13-10-17(20(3,4)5)26-18(13)14/h7-10H,6,11H2,1-5H3. The van der Waals surface area contributed by atoms with Gasteiger partial charge in [-0.1, -0.05) is 32.4 Å². The average molecular weight is 375 g/mol. The zero-order valence-corrected chi connectivity index (χ0v) is 16.5. The summed E-state index contributed by atoms with van der Waals surface area (Å²) in [5.74, 6) is 0.485. The molecule has 2 aromatic heterocycles. The van der Waals surface area contributed by atoms with Gasteiger partial charge in [-0.05, 0) is 38.1 Å². The van der Waals surface area contributed by atoms with Crippen molar-refractivity contribution >= 4 is 28.5 Å². The zero-order valence-electron chi connectivity index (χ0n) is 15.7. The average Bonchev–Trinajstić information content (AvgIpc) is 3.11. The molecule has 0 radical (unpaired) electrons. The van der Waals surface area contributed by atoms with Crippen molar-refractivity contribution in [2.45, 2.75) is 46.6 Å². The summed E-state index contributed by atoms with van der Waals surface area (Å²) in [6, 6.07) is 7.54. The van der Waals surface area contributed by atoms with Crippen LogP contribution in [0.3, 0.4) is 0 Å². The minimum Gasteiger partial charge on any atom is -0.461 e. The van der Waals surface area contributed by atoms with E-state index in [9.17, 15) is 4.79 Å². The number of furan rings is 1. The van der Waals surface area contributed by atoms with E-state index in [0.29, 0.717) is 23.9 Å². The minimum atomic E-state index is -0.418. The van der Waals surface area contributed by atoms with Crippen molar-refractivity contribution in [3.8, 4) is 0 Å². The number of hydrogen-bond donors (Lipinski definition) is 0. The number of ether oxygens (including phenoxy) is 1. The molecule has 2 heterocycles. The molecule has 0 atom stereocenters. The van der Waals surface area contributed by atoms with E-state index >= 15 is 0 Å². The molecule has 0 amide bonds. The fourth-order valence-electron chi connectivity index (χ4n) is 2.81. The molecule has 0 spiro atoms. The molecule has 0 unspecified atom stereocenters. The summed E-state index contributed by atoms with van der Waals surface area (Å²) in [6.07, 6.45) is 0. The number of fused-ring (bicyclic) bond motifs is 1. The first kappa shape index (κ1) is 18.5. The first-order chi connectivity index (χ1) is 12.2. The summed E-state index contributed by atoms with van der Waals surface area (Å²) in [5, 5.41) is 5.98. The van der Waals surface area contributed by atoms with Crippen molar-refractivity contribution in [3.63, 3.8) is 0 Å². The molecular formula is C20H23ClN2O3. The van der Waals surface area contributed by atoms with E-state index < -0.39 is 5.97 Å². The van der Waals surface area contributed by atoms with Crippen molar-refractivity contribution in [2.75, 3.05) is 6.61 Å². The lowest BCUT2D eigenvalue weighted by atomic mass is 9.93. The summed E-state index contributed by atoms with van der Waals surface area (Å²) in [7, 11) is 0. The number of halogens is 1. The molecule has 0 aliphatic carbocycles. The Hall–Kier alpha value is -2.27. The number of esters is 1. The molecule has 5 nitrogen and oxygen atoms in total. The predicted octanol–water partition coefficient (Wildman–Crippen LogP) is 5.11. The van der Waals surface area contributed by atoms with Crippen LogP contribution in [0.1, 0.15) is 55.2 Å². The van der Waals surface area contributed by atoms with Gasteiger partial charge in [0, 0.05) is 27.1 Å². The van der Waals surface area contributed by atoms with Gasteiger partial charge in [0.15, 0.2) is 5.69 Å². The molecule has 138 valence electrons. The molecule has 0 saturated heterocycles. The first-order valence-corrected chi connectivity index (χ1v) is 9.01. The second kappa shape index (κ2) is 6.80. The highest BCUT2D eigenvalue weighted by atomic mass is 35.5. The fourth-order valence-corrected chi connectivity index (χ4v) is 3.06.